The molecule has 0 atom stereocenters. The highest BCUT2D eigenvalue weighted by atomic mass is 35.5. The van der Waals surface area contributed by atoms with Crippen molar-refractivity contribution in [2.75, 3.05) is 0 Å². The number of carbonyl (C=O) groups is 1. The number of benzene rings is 2. The summed E-state index contributed by atoms with van der Waals surface area (Å²) in [6.45, 7) is 1.75. The summed E-state index contributed by atoms with van der Waals surface area (Å²) >= 11 is 5.79. The number of rotatable bonds is 4. The van der Waals surface area contributed by atoms with Gasteiger partial charge in [0.05, 0.1) is 0 Å². The largest absolute Gasteiger partial charge is 0.457 e. The third-order valence-electron chi connectivity index (χ3n) is 2.39. The molecular formula is C15H13ClO3. The monoisotopic (exact) mass is 276 g/mol. The van der Waals surface area contributed by atoms with Gasteiger partial charge in [-0.25, -0.2) is 0 Å². The molecule has 0 radical (unpaired) electrons. The van der Waals surface area contributed by atoms with Gasteiger partial charge in [-0.05, 0) is 48.5 Å². The summed E-state index contributed by atoms with van der Waals surface area (Å²) in [6.07, 6.45) is 0.350. The Hall–Kier alpha value is -2.00. The van der Waals surface area contributed by atoms with E-state index in [0.29, 0.717) is 28.7 Å². The van der Waals surface area contributed by atoms with Gasteiger partial charge in [-0.1, -0.05) is 18.5 Å². The van der Waals surface area contributed by atoms with Crippen LogP contribution in [0.1, 0.15) is 13.3 Å². The Bertz CT molecular complexity index is 547. The van der Waals surface area contributed by atoms with Crippen LogP contribution in [0.15, 0.2) is 48.5 Å². The second kappa shape index (κ2) is 6.25. The molecule has 19 heavy (non-hydrogen) atoms. The Morgan fingerprint density at radius 1 is 0.947 bits per heavy atom. The second-order valence-corrected chi connectivity index (χ2v) is 4.29. The van der Waals surface area contributed by atoms with Crippen molar-refractivity contribution < 1.29 is 14.3 Å². The number of hydrogen-bond acceptors (Lipinski definition) is 3. The van der Waals surface area contributed by atoms with E-state index in [1.165, 1.54) is 0 Å². The molecule has 0 aromatic heterocycles. The van der Waals surface area contributed by atoms with Gasteiger partial charge in [0.2, 0.25) is 0 Å². The van der Waals surface area contributed by atoms with Crippen molar-refractivity contribution >= 4 is 17.6 Å². The molecule has 0 unspecified atom stereocenters. The fourth-order valence-electron chi connectivity index (χ4n) is 1.42. The molecule has 0 heterocycles. The van der Waals surface area contributed by atoms with Gasteiger partial charge < -0.3 is 9.47 Å². The zero-order valence-corrected chi connectivity index (χ0v) is 11.2. The molecule has 0 fully saturated rings. The van der Waals surface area contributed by atoms with Gasteiger partial charge in [0.1, 0.15) is 17.2 Å². The summed E-state index contributed by atoms with van der Waals surface area (Å²) < 4.78 is 10.7. The topological polar surface area (TPSA) is 35.5 Å². The first-order chi connectivity index (χ1) is 9.17. The smallest absolute Gasteiger partial charge is 0.310 e. The van der Waals surface area contributed by atoms with Crippen LogP contribution in [0.2, 0.25) is 5.02 Å². The molecule has 3 nitrogen and oxygen atoms in total. The lowest BCUT2D eigenvalue weighted by Gasteiger charge is -2.07. The molecule has 0 bridgehead atoms. The average Bonchev–Trinajstić information content (AvgIpc) is 2.43. The third kappa shape index (κ3) is 4.00. The predicted octanol–water partition coefficient (Wildman–Crippen LogP) is 4.45. The summed E-state index contributed by atoms with van der Waals surface area (Å²) in [7, 11) is 0. The summed E-state index contributed by atoms with van der Waals surface area (Å²) in [6, 6.07) is 14.0. The molecule has 0 saturated heterocycles. The lowest BCUT2D eigenvalue weighted by atomic mass is 10.3. The average molecular weight is 277 g/mol. The first-order valence-corrected chi connectivity index (χ1v) is 6.29. The Labute approximate surface area is 116 Å². The van der Waals surface area contributed by atoms with Crippen LogP contribution >= 0.6 is 11.6 Å². The molecule has 0 spiro atoms. The van der Waals surface area contributed by atoms with E-state index in [2.05, 4.69) is 0 Å². The van der Waals surface area contributed by atoms with E-state index in [0.717, 1.165) is 0 Å². The van der Waals surface area contributed by atoms with Crippen LogP contribution in [0.4, 0.5) is 0 Å². The fraction of sp³-hybridized carbons (Fsp3) is 0.133. The number of esters is 1. The zero-order chi connectivity index (χ0) is 13.7. The maximum atomic E-state index is 11.1. The minimum Gasteiger partial charge on any atom is -0.457 e. The van der Waals surface area contributed by atoms with Crippen molar-refractivity contribution in [3.63, 3.8) is 0 Å². The molecule has 2 rings (SSSR count). The summed E-state index contributed by atoms with van der Waals surface area (Å²) in [5.74, 6) is 1.61. The van der Waals surface area contributed by atoms with Crippen LogP contribution in [0, 0.1) is 0 Å². The van der Waals surface area contributed by atoms with Crippen molar-refractivity contribution in [2.24, 2.45) is 0 Å². The van der Waals surface area contributed by atoms with Crippen LogP contribution in [-0.2, 0) is 4.79 Å². The molecule has 0 N–H and O–H groups in total. The van der Waals surface area contributed by atoms with Crippen molar-refractivity contribution in [3.05, 3.63) is 53.6 Å². The fourth-order valence-corrected chi connectivity index (χ4v) is 1.54. The first kappa shape index (κ1) is 13.4. The minimum atomic E-state index is -0.258. The highest BCUT2D eigenvalue weighted by Crippen LogP contribution is 2.25. The van der Waals surface area contributed by atoms with Crippen molar-refractivity contribution in [1.82, 2.24) is 0 Å². The van der Waals surface area contributed by atoms with Gasteiger partial charge >= 0.3 is 5.97 Å². The maximum Gasteiger partial charge on any atom is 0.310 e. The Kier molecular flexibility index (Phi) is 4.42. The summed E-state index contributed by atoms with van der Waals surface area (Å²) in [5, 5.41) is 0.661. The number of carbonyl (C=O) groups excluding carboxylic acids is 1. The van der Waals surface area contributed by atoms with Crippen LogP contribution in [0.3, 0.4) is 0 Å². The maximum absolute atomic E-state index is 11.1. The Balaban J connectivity index is 2.02. The van der Waals surface area contributed by atoms with Gasteiger partial charge in [-0.15, -0.1) is 0 Å². The summed E-state index contributed by atoms with van der Waals surface area (Å²) in [5.41, 5.74) is 0. The van der Waals surface area contributed by atoms with Gasteiger partial charge in [-0.3, -0.25) is 4.79 Å². The molecule has 0 aliphatic heterocycles. The van der Waals surface area contributed by atoms with Crippen molar-refractivity contribution in [2.45, 2.75) is 13.3 Å². The van der Waals surface area contributed by atoms with E-state index in [1.807, 2.05) is 0 Å². The predicted molar refractivity (Wildman–Crippen MR) is 73.9 cm³/mol. The molecule has 2 aromatic carbocycles. The number of halogens is 1. The van der Waals surface area contributed by atoms with Crippen molar-refractivity contribution in [1.29, 1.82) is 0 Å². The van der Waals surface area contributed by atoms with E-state index in [9.17, 15) is 4.79 Å². The molecule has 0 amide bonds. The first-order valence-electron chi connectivity index (χ1n) is 5.91. The van der Waals surface area contributed by atoms with Gasteiger partial charge in [0.15, 0.2) is 0 Å². The molecule has 4 heteroatoms. The third-order valence-corrected chi connectivity index (χ3v) is 2.65. The van der Waals surface area contributed by atoms with Crippen LogP contribution in [-0.4, -0.2) is 5.97 Å². The van der Waals surface area contributed by atoms with Crippen molar-refractivity contribution in [3.8, 4) is 17.2 Å². The molecule has 98 valence electrons. The van der Waals surface area contributed by atoms with Crippen LogP contribution in [0.5, 0.6) is 17.2 Å². The SMILES string of the molecule is CCC(=O)Oc1ccc(Oc2ccc(Cl)cc2)cc1. The molecule has 0 aliphatic carbocycles. The quantitative estimate of drug-likeness (QED) is 0.611. The Morgan fingerprint density at radius 3 is 1.95 bits per heavy atom. The highest BCUT2D eigenvalue weighted by molar-refractivity contribution is 6.30. The molecule has 2 aromatic rings. The minimum absolute atomic E-state index is 0.258. The standard InChI is InChI=1S/C15H13ClO3/c1-2-15(17)19-14-9-7-13(8-10-14)18-12-5-3-11(16)4-6-12/h3-10H,2H2,1H3. The van der Waals surface area contributed by atoms with E-state index in [4.69, 9.17) is 21.1 Å². The van der Waals surface area contributed by atoms with Crippen LogP contribution in [0.25, 0.3) is 0 Å². The lowest BCUT2D eigenvalue weighted by Crippen LogP contribution is -2.05. The normalized spacial score (nSPS) is 10.0. The van der Waals surface area contributed by atoms with E-state index in [1.54, 1.807) is 55.5 Å². The number of hydrogen-bond donors (Lipinski definition) is 0. The van der Waals surface area contributed by atoms with E-state index in [-0.39, 0.29) is 5.97 Å². The van der Waals surface area contributed by atoms with E-state index >= 15 is 0 Å². The van der Waals surface area contributed by atoms with Gasteiger partial charge in [-0.2, -0.15) is 0 Å². The highest BCUT2D eigenvalue weighted by Gasteiger charge is 2.02. The zero-order valence-electron chi connectivity index (χ0n) is 10.4. The van der Waals surface area contributed by atoms with Gasteiger partial charge in [0, 0.05) is 11.4 Å². The molecular weight excluding hydrogens is 264 g/mol. The van der Waals surface area contributed by atoms with Gasteiger partial charge in [0.25, 0.3) is 0 Å². The Morgan fingerprint density at radius 2 is 1.42 bits per heavy atom. The second-order valence-electron chi connectivity index (χ2n) is 3.86. The summed E-state index contributed by atoms with van der Waals surface area (Å²) in [4.78, 5) is 11.1. The molecule has 0 saturated carbocycles. The van der Waals surface area contributed by atoms with E-state index < -0.39 is 0 Å². The number of ether oxygens (including phenoxy) is 2. The molecule has 0 aliphatic rings. The van der Waals surface area contributed by atoms with Crippen LogP contribution < -0.4 is 9.47 Å². The lowest BCUT2D eigenvalue weighted by molar-refractivity contribution is -0.134.